The number of benzene rings is 1. The van der Waals surface area contributed by atoms with Crippen LogP contribution in [0, 0.1) is 6.92 Å². The number of Topliss-reactive ketones (excluding diaryl/α,β-unsaturated/α-hetero) is 1. The molecule has 1 unspecified atom stereocenters. The largest absolute Gasteiger partial charge is 0.293 e. The molecule has 1 atom stereocenters. The molecule has 0 radical (unpaired) electrons. The Morgan fingerprint density at radius 2 is 1.95 bits per heavy atom. The third-order valence-corrected chi connectivity index (χ3v) is 4.74. The highest BCUT2D eigenvalue weighted by Gasteiger charge is 2.18. The highest BCUT2D eigenvalue weighted by molar-refractivity contribution is 9.10. The molecular weight excluding hydrogens is 322 g/mol. The third kappa shape index (κ3) is 3.67. The second-order valence-corrected chi connectivity index (χ2v) is 6.46. The van der Waals surface area contributed by atoms with Gasteiger partial charge in [0.05, 0.1) is 5.25 Å². The summed E-state index contributed by atoms with van der Waals surface area (Å²) in [7, 11) is 0. The number of rotatable bonds is 4. The van der Waals surface area contributed by atoms with Crippen LogP contribution < -0.4 is 0 Å². The Morgan fingerprint density at radius 3 is 2.58 bits per heavy atom. The predicted molar refractivity (Wildman–Crippen MR) is 82.8 cm³/mol. The number of ketones is 1. The van der Waals surface area contributed by atoms with E-state index in [0.717, 1.165) is 20.6 Å². The zero-order valence-corrected chi connectivity index (χ0v) is 13.2. The van der Waals surface area contributed by atoms with E-state index in [1.165, 1.54) is 11.8 Å². The number of nitrogens with zero attached hydrogens (tertiary/aromatic N) is 1. The van der Waals surface area contributed by atoms with Gasteiger partial charge >= 0.3 is 0 Å². The Labute approximate surface area is 125 Å². The SMILES string of the molecule is Cc1ccc(C(=O)C(C)Sc2ncccc2Br)cc1. The summed E-state index contributed by atoms with van der Waals surface area (Å²) in [5.41, 5.74) is 1.90. The van der Waals surface area contributed by atoms with E-state index in [4.69, 9.17) is 0 Å². The minimum atomic E-state index is -0.158. The van der Waals surface area contributed by atoms with E-state index in [9.17, 15) is 4.79 Å². The van der Waals surface area contributed by atoms with Crippen molar-refractivity contribution in [1.29, 1.82) is 0 Å². The van der Waals surface area contributed by atoms with Gasteiger partial charge in [-0.2, -0.15) is 0 Å². The van der Waals surface area contributed by atoms with Crippen LogP contribution in [0.2, 0.25) is 0 Å². The zero-order valence-electron chi connectivity index (χ0n) is 10.8. The van der Waals surface area contributed by atoms with Crippen LogP contribution in [0.15, 0.2) is 52.1 Å². The number of pyridine rings is 1. The minimum absolute atomic E-state index is 0.127. The average molecular weight is 336 g/mol. The van der Waals surface area contributed by atoms with E-state index >= 15 is 0 Å². The molecule has 0 fully saturated rings. The van der Waals surface area contributed by atoms with Gasteiger partial charge in [-0.05, 0) is 41.9 Å². The number of thioether (sulfide) groups is 1. The van der Waals surface area contributed by atoms with Gasteiger partial charge in [-0.25, -0.2) is 4.98 Å². The summed E-state index contributed by atoms with van der Waals surface area (Å²) in [6, 6.07) is 11.5. The lowest BCUT2D eigenvalue weighted by atomic mass is 10.1. The van der Waals surface area contributed by atoms with Crippen LogP contribution >= 0.6 is 27.7 Å². The van der Waals surface area contributed by atoms with Gasteiger partial charge in [-0.15, -0.1) is 0 Å². The first kappa shape index (κ1) is 14.3. The van der Waals surface area contributed by atoms with Crippen molar-refractivity contribution in [3.8, 4) is 0 Å². The first-order valence-electron chi connectivity index (χ1n) is 5.96. The normalized spacial score (nSPS) is 12.2. The molecule has 98 valence electrons. The van der Waals surface area contributed by atoms with Crippen LogP contribution in [-0.4, -0.2) is 16.0 Å². The molecule has 2 rings (SSSR count). The lowest BCUT2D eigenvalue weighted by Gasteiger charge is -2.10. The summed E-state index contributed by atoms with van der Waals surface area (Å²) in [4.78, 5) is 16.6. The molecule has 0 saturated heterocycles. The maximum absolute atomic E-state index is 12.3. The molecule has 0 saturated carbocycles. The van der Waals surface area contributed by atoms with E-state index in [1.807, 2.05) is 50.2 Å². The number of hydrogen-bond acceptors (Lipinski definition) is 3. The van der Waals surface area contributed by atoms with Crippen molar-refractivity contribution in [2.75, 3.05) is 0 Å². The molecule has 19 heavy (non-hydrogen) atoms. The van der Waals surface area contributed by atoms with E-state index in [-0.39, 0.29) is 11.0 Å². The second-order valence-electron chi connectivity index (χ2n) is 4.28. The van der Waals surface area contributed by atoms with Crippen LogP contribution in [0.4, 0.5) is 0 Å². The van der Waals surface area contributed by atoms with Crippen LogP contribution in [0.1, 0.15) is 22.8 Å². The first-order valence-corrected chi connectivity index (χ1v) is 7.63. The Hall–Kier alpha value is -1.13. The molecule has 0 amide bonds. The fraction of sp³-hybridized carbons (Fsp3) is 0.200. The number of hydrogen-bond donors (Lipinski definition) is 0. The van der Waals surface area contributed by atoms with E-state index in [1.54, 1.807) is 6.20 Å². The van der Waals surface area contributed by atoms with Gasteiger partial charge in [0.15, 0.2) is 5.78 Å². The molecule has 0 aliphatic carbocycles. The third-order valence-electron chi connectivity index (χ3n) is 2.72. The highest BCUT2D eigenvalue weighted by Crippen LogP contribution is 2.29. The number of aromatic nitrogens is 1. The molecular formula is C15H14BrNOS. The Bertz CT molecular complexity index is 583. The molecule has 0 spiro atoms. The average Bonchev–Trinajstić information content (AvgIpc) is 2.41. The van der Waals surface area contributed by atoms with Gasteiger partial charge < -0.3 is 0 Å². The van der Waals surface area contributed by atoms with Gasteiger partial charge in [-0.1, -0.05) is 41.6 Å². The maximum atomic E-state index is 12.3. The molecule has 2 nitrogen and oxygen atoms in total. The minimum Gasteiger partial charge on any atom is -0.293 e. The van der Waals surface area contributed by atoms with Crippen molar-refractivity contribution >= 4 is 33.5 Å². The summed E-state index contributed by atoms with van der Waals surface area (Å²) in [6.07, 6.45) is 1.73. The summed E-state index contributed by atoms with van der Waals surface area (Å²) in [6.45, 7) is 3.92. The van der Waals surface area contributed by atoms with E-state index in [0.29, 0.717) is 0 Å². The first-order chi connectivity index (χ1) is 9.08. The molecule has 0 aliphatic rings. The molecule has 0 N–H and O–H groups in total. The van der Waals surface area contributed by atoms with Crippen molar-refractivity contribution in [1.82, 2.24) is 4.98 Å². The molecule has 2 aromatic rings. The number of halogens is 1. The van der Waals surface area contributed by atoms with Crippen LogP contribution in [0.5, 0.6) is 0 Å². The summed E-state index contributed by atoms with van der Waals surface area (Å²) in [5.74, 6) is 0.127. The van der Waals surface area contributed by atoms with Gasteiger partial charge in [-0.3, -0.25) is 4.79 Å². The zero-order chi connectivity index (χ0) is 13.8. The predicted octanol–water partition coefficient (Wildman–Crippen LogP) is 4.52. The van der Waals surface area contributed by atoms with Crippen molar-refractivity contribution in [2.45, 2.75) is 24.1 Å². The van der Waals surface area contributed by atoms with Crippen LogP contribution in [0.3, 0.4) is 0 Å². The van der Waals surface area contributed by atoms with Gasteiger partial charge in [0.2, 0.25) is 0 Å². The lowest BCUT2D eigenvalue weighted by Crippen LogP contribution is -2.13. The highest BCUT2D eigenvalue weighted by atomic mass is 79.9. The molecule has 4 heteroatoms. The smallest absolute Gasteiger partial charge is 0.175 e. The fourth-order valence-electron chi connectivity index (χ4n) is 1.63. The topological polar surface area (TPSA) is 30.0 Å². The van der Waals surface area contributed by atoms with Crippen molar-refractivity contribution in [3.05, 3.63) is 58.2 Å². The quantitative estimate of drug-likeness (QED) is 0.608. The maximum Gasteiger partial charge on any atom is 0.175 e. The number of aryl methyl sites for hydroxylation is 1. The van der Waals surface area contributed by atoms with E-state index in [2.05, 4.69) is 20.9 Å². The lowest BCUT2D eigenvalue weighted by molar-refractivity contribution is 0.0994. The van der Waals surface area contributed by atoms with Gasteiger partial charge in [0, 0.05) is 16.2 Å². The second kappa shape index (κ2) is 6.35. The molecule has 1 aromatic heterocycles. The monoisotopic (exact) mass is 335 g/mol. The number of carbonyl (C=O) groups is 1. The number of carbonyl (C=O) groups excluding carboxylic acids is 1. The Morgan fingerprint density at radius 1 is 1.26 bits per heavy atom. The standard InChI is InChI=1S/C15H14BrNOS/c1-10-5-7-12(8-6-10)14(18)11(2)19-15-13(16)4-3-9-17-15/h3-9,11H,1-2H3. The van der Waals surface area contributed by atoms with Crippen LogP contribution in [-0.2, 0) is 0 Å². The van der Waals surface area contributed by atoms with Gasteiger partial charge in [0.25, 0.3) is 0 Å². The van der Waals surface area contributed by atoms with Crippen LogP contribution in [0.25, 0.3) is 0 Å². The fourth-order valence-corrected chi connectivity index (χ4v) is 3.05. The molecule has 1 aromatic carbocycles. The summed E-state index contributed by atoms with van der Waals surface area (Å²) >= 11 is 4.91. The molecule has 1 heterocycles. The Balaban J connectivity index is 2.12. The van der Waals surface area contributed by atoms with Gasteiger partial charge in [0.1, 0.15) is 5.03 Å². The van der Waals surface area contributed by atoms with Crippen molar-refractivity contribution in [2.24, 2.45) is 0 Å². The summed E-state index contributed by atoms with van der Waals surface area (Å²) in [5, 5.41) is 0.685. The van der Waals surface area contributed by atoms with E-state index < -0.39 is 0 Å². The van der Waals surface area contributed by atoms with Crippen molar-refractivity contribution < 1.29 is 4.79 Å². The summed E-state index contributed by atoms with van der Waals surface area (Å²) < 4.78 is 0.920. The van der Waals surface area contributed by atoms with Crippen molar-refractivity contribution in [3.63, 3.8) is 0 Å². The molecule has 0 bridgehead atoms. The Kier molecular flexibility index (Phi) is 4.77. The molecule has 0 aliphatic heterocycles.